The molecule has 0 unspecified atom stereocenters. The van der Waals surface area contributed by atoms with E-state index < -0.39 is 36.0 Å². The first-order chi connectivity index (χ1) is 11.6. The van der Waals surface area contributed by atoms with Gasteiger partial charge >= 0.3 is 12.4 Å². The van der Waals surface area contributed by atoms with Crippen LogP contribution in [0.15, 0.2) is 24.3 Å². The van der Waals surface area contributed by atoms with Crippen molar-refractivity contribution in [3.05, 3.63) is 29.8 Å². The summed E-state index contributed by atoms with van der Waals surface area (Å²) in [6, 6.07) is 3.94. The van der Waals surface area contributed by atoms with Crippen LogP contribution >= 0.6 is 0 Å². The normalized spacial score (nSPS) is 17.9. The van der Waals surface area contributed by atoms with Crippen LogP contribution in [0.4, 0.5) is 18.0 Å². The lowest BCUT2D eigenvalue weighted by atomic mass is 10.1. The number of para-hydroxylation sites is 1. The molecule has 25 heavy (non-hydrogen) atoms. The molecule has 0 aromatic heterocycles. The number of halogens is 3. The van der Waals surface area contributed by atoms with Gasteiger partial charge in [-0.1, -0.05) is 18.2 Å². The first kappa shape index (κ1) is 18.6. The lowest BCUT2D eigenvalue weighted by Crippen LogP contribution is -2.37. The molecule has 1 aromatic carbocycles. The van der Waals surface area contributed by atoms with Gasteiger partial charge in [0.2, 0.25) is 5.91 Å². The third-order valence-corrected chi connectivity index (χ3v) is 3.72. The smallest absolute Gasteiger partial charge is 0.405 e. The number of benzene rings is 1. The van der Waals surface area contributed by atoms with Gasteiger partial charge in [-0.3, -0.25) is 14.5 Å². The zero-order chi connectivity index (χ0) is 18.8. The van der Waals surface area contributed by atoms with Crippen molar-refractivity contribution in [2.45, 2.75) is 25.4 Å². The van der Waals surface area contributed by atoms with Crippen LogP contribution in [0.25, 0.3) is 0 Å². The zero-order valence-electron chi connectivity index (χ0n) is 13.5. The molecule has 1 aliphatic rings. The Morgan fingerprint density at radius 2 is 1.88 bits per heavy atom. The molecule has 1 aromatic rings. The van der Waals surface area contributed by atoms with E-state index in [9.17, 15) is 27.6 Å². The number of imide groups is 1. The third-order valence-electron chi connectivity index (χ3n) is 3.72. The summed E-state index contributed by atoms with van der Waals surface area (Å²) in [6.45, 7) is -0.209. The fourth-order valence-electron chi connectivity index (χ4n) is 2.39. The summed E-state index contributed by atoms with van der Waals surface area (Å²) in [5.74, 6) is -1.50. The van der Waals surface area contributed by atoms with Crippen molar-refractivity contribution in [3.63, 3.8) is 0 Å². The summed E-state index contributed by atoms with van der Waals surface area (Å²) in [5.41, 5.74) is 0.132. The second-order valence-electron chi connectivity index (χ2n) is 5.44. The maximum atomic E-state index is 12.4. The number of hydrogen-bond donors (Lipinski definition) is 1. The number of urea groups is 1. The lowest BCUT2D eigenvalue weighted by Gasteiger charge is -2.16. The van der Waals surface area contributed by atoms with Gasteiger partial charge in [-0.15, -0.1) is 13.2 Å². The van der Waals surface area contributed by atoms with E-state index in [0.717, 1.165) is 15.9 Å². The standard InChI is InChI=1S/C15H16F3N3O4/c1-20-10(13(23)21(2)14(20)24)7-12(22)19-8-9-5-3-4-6-11(9)25-15(16,17)18/h3-6,10H,7-8H2,1-2H3,(H,19,22)/t10-/m1/s1. The van der Waals surface area contributed by atoms with Crippen LogP contribution in [0.5, 0.6) is 5.75 Å². The summed E-state index contributed by atoms with van der Waals surface area (Å²) >= 11 is 0. The minimum atomic E-state index is -4.84. The maximum Gasteiger partial charge on any atom is 0.573 e. The van der Waals surface area contributed by atoms with Crippen LogP contribution in [0.1, 0.15) is 12.0 Å². The van der Waals surface area contributed by atoms with Crippen LogP contribution in [-0.2, 0) is 16.1 Å². The molecule has 2 rings (SSSR count). The third kappa shape index (κ3) is 4.40. The van der Waals surface area contributed by atoms with Gasteiger partial charge in [0.25, 0.3) is 5.91 Å². The highest BCUT2D eigenvalue weighted by Gasteiger charge is 2.41. The summed E-state index contributed by atoms with van der Waals surface area (Å²) in [5, 5.41) is 2.43. The van der Waals surface area contributed by atoms with E-state index in [0.29, 0.717) is 0 Å². The number of carbonyl (C=O) groups is 3. The number of alkyl halides is 3. The van der Waals surface area contributed by atoms with Gasteiger partial charge in [-0.05, 0) is 6.07 Å². The van der Waals surface area contributed by atoms with Crippen LogP contribution in [0, 0.1) is 0 Å². The fourth-order valence-corrected chi connectivity index (χ4v) is 2.39. The number of carbonyl (C=O) groups excluding carboxylic acids is 3. The Hall–Kier alpha value is -2.78. The van der Waals surface area contributed by atoms with E-state index in [1.54, 1.807) is 0 Å². The van der Waals surface area contributed by atoms with Crippen molar-refractivity contribution in [3.8, 4) is 5.75 Å². The number of ether oxygens (including phenoxy) is 1. The molecule has 4 amide bonds. The predicted octanol–water partition coefficient (Wildman–Crippen LogP) is 1.48. The van der Waals surface area contributed by atoms with Crippen molar-refractivity contribution in [2.75, 3.05) is 14.1 Å². The average molecular weight is 359 g/mol. The molecule has 0 spiro atoms. The fraction of sp³-hybridized carbons (Fsp3) is 0.400. The molecule has 0 aliphatic carbocycles. The molecule has 1 aliphatic heterocycles. The molecule has 1 heterocycles. The number of hydrogen-bond acceptors (Lipinski definition) is 4. The molecule has 1 atom stereocenters. The summed E-state index contributed by atoms with van der Waals surface area (Å²) in [4.78, 5) is 37.6. The van der Waals surface area contributed by atoms with Gasteiger partial charge in [0, 0.05) is 26.2 Å². The Kier molecular flexibility index (Phi) is 5.19. The lowest BCUT2D eigenvalue weighted by molar-refractivity contribution is -0.274. The molecule has 10 heteroatoms. The van der Waals surface area contributed by atoms with Gasteiger partial charge in [-0.25, -0.2) is 4.79 Å². The molecule has 136 valence electrons. The van der Waals surface area contributed by atoms with E-state index in [1.165, 1.54) is 32.3 Å². The number of likely N-dealkylation sites (N-methyl/N-ethyl adjacent to an activating group) is 2. The van der Waals surface area contributed by atoms with E-state index in [4.69, 9.17) is 0 Å². The largest absolute Gasteiger partial charge is 0.573 e. The molecule has 1 N–H and O–H groups in total. The molecule has 1 fully saturated rings. The molecule has 0 radical (unpaired) electrons. The number of nitrogens with zero attached hydrogens (tertiary/aromatic N) is 2. The quantitative estimate of drug-likeness (QED) is 0.808. The number of rotatable bonds is 5. The topological polar surface area (TPSA) is 79.0 Å². The van der Waals surface area contributed by atoms with Crippen LogP contribution in [0.2, 0.25) is 0 Å². The van der Waals surface area contributed by atoms with Crippen molar-refractivity contribution in [2.24, 2.45) is 0 Å². The summed E-state index contributed by atoms with van der Waals surface area (Å²) in [7, 11) is 2.71. The van der Waals surface area contributed by atoms with Gasteiger partial charge in [0.05, 0.1) is 6.42 Å². The first-order valence-electron chi connectivity index (χ1n) is 7.25. The average Bonchev–Trinajstić information content (AvgIpc) is 2.70. The molecule has 0 bridgehead atoms. The Morgan fingerprint density at radius 1 is 1.24 bits per heavy atom. The molecule has 7 nitrogen and oxygen atoms in total. The first-order valence-corrected chi connectivity index (χ1v) is 7.25. The second kappa shape index (κ2) is 6.99. The van der Waals surface area contributed by atoms with E-state index in [2.05, 4.69) is 10.1 Å². The predicted molar refractivity (Wildman–Crippen MR) is 79.3 cm³/mol. The van der Waals surface area contributed by atoms with Crippen molar-refractivity contribution in [1.29, 1.82) is 0 Å². The monoisotopic (exact) mass is 359 g/mol. The van der Waals surface area contributed by atoms with Gasteiger partial charge in [0.1, 0.15) is 11.8 Å². The van der Waals surface area contributed by atoms with Crippen LogP contribution in [-0.4, -0.2) is 54.1 Å². The van der Waals surface area contributed by atoms with Gasteiger partial charge < -0.3 is 15.0 Å². The Bertz CT molecular complexity index is 693. The second-order valence-corrected chi connectivity index (χ2v) is 5.44. The summed E-state index contributed by atoms with van der Waals surface area (Å²) < 4.78 is 41.0. The van der Waals surface area contributed by atoms with E-state index in [-0.39, 0.29) is 18.5 Å². The highest BCUT2D eigenvalue weighted by atomic mass is 19.4. The molecule has 1 saturated heterocycles. The number of amides is 4. The Balaban J connectivity index is 1.97. The highest BCUT2D eigenvalue weighted by molar-refractivity contribution is 6.05. The van der Waals surface area contributed by atoms with Crippen LogP contribution in [0.3, 0.4) is 0 Å². The molecule has 0 saturated carbocycles. The van der Waals surface area contributed by atoms with Gasteiger partial charge in [0.15, 0.2) is 0 Å². The number of nitrogens with one attached hydrogen (secondary N) is 1. The van der Waals surface area contributed by atoms with E-state index in [1.807, 2.05) is 0 Å². The van der Waals surface area contributed by atoms with E-state index >= 15 is 0 Å². The molecular formula is C15H16F3N3O4. The van der Waals surface area contributed by atoms with Crippen LogP contribution < -0.4 is 10.1 Å². The van der Waals surface area contributed by atoms with Crippen molar-refractivity contribution >= 4 is 17.8 Å². The minimum Gasteiger partial charge on any atom is -0.405 e. The zero-order valence-corrected chi connectivity index (χ0v) is 13.5. The molecular weight excluding hydrogens is 343 g/mol. The van der Waals surface area contributed by atoms with Crippen molar-refractivity contribution in [1.82, 2.24) is 15.1 Å². The van der Waals surface area contributed by atoms with Gasteiger partial charge in [-0.2, -0.15) is 0 Å². The summed E-state index contributed by atoms with van der Waals surface area (Å²) in [6.07, 6.45) is -5.13. The highest BCUT2D eigenvalue weighted by Crippen LogP contribution is 2.26. The van der Waals surface area contributed by atoms with Crippen molar-refractivity contribution < 1.29 is 32.3 Å². The maximum absolute atomic E-state index is 12.4. The Morgan fingerprint density at radius 3 is 2.44 bits per heavy atom. The SMILES string of the molecule is CN1C(=O)[C@@H](CC(=O)NCc2ccccc2OC(F)(F)F)N(C)C1=O. The minimum absolute atomic E-state index is 0.132. The Labute approximate surface area is 141 Å².